The molecule has 0 bridgehead atoms. The third kappa shape index (κ3) is 3.49. The van der Waals surface area contributed by atoms with Crippen LogP contribution in [0.15, 0.2) is 30.3 Å². The standard InChI is InChI=1S/C19H24N4O2.ClH/c1-22-17-8-10-23(19(25)16-11-14(24)12-20-16)9-7-15(17)18(21-22)13-5-3-2-4-6-13;/h2-6,14,16,20,24H,7-12H2,1H3;1H/t14-,16-;/m1./s1. The van der Waals surface area contributed by atoms with Crippen molar-refractivity contribution in [3.63, 3.8) is 0 Å². The van der Waals surface area contributed by atoms with Crippen LogP contribution in [0.2, 0.25) is 0 Å². The number of carbonyl (C=O) groups is 1. The van der Waals surface area contributed by atoms with E-state index in [-0.39, 0.29) is 24.4 Å². The molecule has 140 valence electrons. The van der Waals surface area contributed by atoms with Crippen LogP contribution >= 0.6 is 12.4 Å². The van der Waals surface area contributed by atoms with Crippen molar-refractivity contribution in [2.24, 2.45) is 7.05 Å². The fourth-order valence-electron chi connectivity index (χ4n) is 3.95. The SMILES string of the molecule is Cl.Cn1nc(-c2ccccc2)c2c1CCN(C(=O)[C@H]1C[C@@H](O)CN1)CC2. The Morgan fingerprint density at radius 3 is 2.65 bits per heavy atom. The maximum atomic E-state index is 12.7. The Bertz CT molecular complexity index is 777. The zero-order valence-electron chi connectivity index (χ0n) is 14.9. The number of amides is 1. The van der Waals surface area contributed by atoms with Gasteiger partial charge >= 0.3 is 0 Å². The van der Waals surface area contributed by atoms with Gasteiger partial charge in [-0.25, -0.2) is 0 Å². The molecule has 0 radical (unpaired) electrons. The van der Waals surface area contributed by atoms with E-state index in [2.05, 4.69) is 17.4 Å². The van der Waals surface area contributed by atoms with Crippen LogP contribution in [-0.4, -0.2) is 57.5 Å². The fraction of sp³-hybridized carbons (Fsp3) is 0.474. The molecule has 1 saturated heterocycles. The molecule has 1 aromatic heterocycles. The van der Waals surface area contributed by atoms with E-state index in [4.69, 9.17) is 5.10 Å². The molecule has 2 N–H and O–H groups in total. The average Bonchev–Trinajstić information content (AvgIpc) is 3.11. The topological polar surface area (TPSA) is 70.4 Å². The predicted octanol–water partition coefficient (Wildman–Crippen LogP) is 1.16. The molecule has 1 aromatic carbocycles. The van der Waals surface area contributed by atoms with Crippen LogP contribution in [0, 0.1) is 0 Å². The van der Waals surface area contributed by atoms with Crippen molar-refractivity contribution in [2.75, 3.05) is 19.6 Å². The van der Waals surface area contributed by atoms with Gasteiger partial charge in [0.25, 0.3) is 0 Å². The van der Waals surface area contributed by atoms with Gasteiger partial charge in [-0.3, -0.25) is 9.48 Å². The van der Waals surface area contributed by atoms with E-state index in [9.17, 15) is 9.90 Å². The Labute approximate surface area is 159 Å². The van der Waals surface area contributed by atoms with Crippen LogP contribution in [0.1, 0.15) is 17.7 Å². The molecule has 2 atom stereocenters. The van der Waals surface area contributed by atoms with Gasteiger partial charge in [0, 0.05) is 49.9 Å². The summed E-state index contributed by atoms with van der Waals surface area (Å²) < 4.78 is 1.96. The molecule has 0 aliphatic carbocycles. The molecule has 2 aromatic rings. The van der Waals surface area contributed by atoms with Gasteiger partial charge < -0.3 is 15.3 Å². The zero-order valence-corrected chi connectivity index (χ0v) is 15.7. The summed E-state index contributed by atoms with van der Waals surface area (Å²) in [5, 5.41) is 17.5. The van der Waals surface area contributed by atoms with Gasteiger partial charge in [0.1, 0.15) is 0 Å². The Morgan fingerprint density at radius 1 is 1.23 bits per heavy atom. The number of benzene rings is 1. The first-order chi connectivity index (χ1) is 12.1. The van der Waals surface area contributed by atoms with Crippen LogP contribution < -0.4 is 5.32 Å². The van der Waals surface area contributed by atoms with Gasteiger partial charge in [-0.15, -0.1) is 12.4 Å². The third-order valence-corrected chi connectivity index (χ3v) is 5.29. The number of carbonyl (C=O) groups excluding carboxylic acids is 1. The van der Waals surface area contributed by atoms with E-state index in [1.807, 2.05) is 34.8 Å². The van der Waals surface area contributed by atoms with Gasteiger partial charge in [-0.2, -0.15) is 5.10 Å². The number of hydrogen-bond acceptors (Lipinski definition) is 4. The predicted molar refractivity (Wildman–Crippen MR) is 102 cm³/mol. The van der Waals surface area contributed by atoms with Crippen molar-refractivity contribution in [3.05, 3.63) is 41.6 Å². The number of aliphatic hydroxyl groups is 1. The molecule has 6 nitrogen and oxygen atoms in total. The fourth-order valence-corrected chi connectivity index (χ4v) is 3.95. The van der Waals surface area contributed by atoms with Gasteiger partial charge in [0.2, 0.25) is 5.91 Å². The third-order valence-electron chi connectivity index (χ3n) is 5.29. The summed E-state index contributed by atoms with van der Waals surface area (Å²) in [5.41, 5.74) is 4.62. The maximum Gasteiger partial charge on any atom is 0.239 e. The second kappa shape index (κ2) is 7.78. The van der Waals surface area contributed by atoms with Crippen molar-refractivity contribution >= 4 is 18.3 Å². The summed E-state index contributed by atoms with van der Waals surface area (Å²) >= 11 is 0. The number of hydrogen-bond donors (Lipinski definition) is 2. The second-order valence-electron chi connectivity index (χ2n) is 6.94. The van der Waals surface area contributed by atoms with Crippen molar-refractivity contribution < 1.29 is 9.90 Å². The summed E-state index contributed by atoms with van der Waals surface area (Å²) in [6.07, 6.45) is 1.73. The van der Waals surface area contributed by atoms with Gasteiger partial charge in [-0.1, -0.05) is 30.3 Å². The summed E-state index contributed by atoms with van der Waals surface area (Å²) in [6.45, 7) is 1.91. The van der Waals surface area contributed by atoms with E-state index in [1.54, 1.807) is 0 Å². The van der Waals surface area contributed by atoms with Crippen LogP contribution in [0.3, 0.4) is 0 Å². The monoisotopic (exact) mass is 376 g/mol. The number of β-amino-alcohol motifs (C(OH)–C–C–N with tert-alkyl or cyclic N) is 1. The molecule has 2 aliphatic rings. The van der Waals surface area contributed by atoms with E-state index in [0.717, 1.165) is 24.1 Å². The number of fused-ring (bicyclic) bond motifs is 1. The number of nitrogens with one attached hydrogen (secondary N) is 1. The average molecular weight is 377 g/mol. The van der Waals surface area contributed by atoms with Crippen LogP contribution in [-0.2, 0) is 24.7 Å². The molecule has 26 heavy (non-hydrogen) atoms. The van der Waals surface area contributed by atoms with E-state index < -0.39 is 6.10 Å². The Hall–Kier alpha value is -1.89. The maximum absolute atomic E-state index is 12.7. The highest BCUT2D eigenvalue weighted by Gasteiger charge is 2.32. The number of halogens is 1. The first-order valence-electron chi connectivity index (χ1n) is 8.94. The molecular weight excluding hydrogens is 352 g/mol. The molecule has 0 unspecified atom stereocenters. The molecule has 4 rings (SSSR count). The van der Waals surface area contributed by atoms with Crippen molar-refractivity contribution in [2.45, 2.75) is 31.4 Å². The van der Waals surface area contributed by atoms with Crippen molar-refractivity contribution in [3.8, 4) is 11.3 Å². The number of rotatable bonds is 2. The van der Waals surface area contributed by atoms with Gasteiger partial charge in [-0.05, 0) is 12.8 Å². The lowest BCUT2D eigenvalue weighted by molar-refractivity contribution is -0.133. The van der Waals surface area contributed by atoms with Crippen molar-refractivity contribution in [1.82, 2.24) is 20.0 Å². The van der Waals surface area contributed by atoms with E-state index in [0.29, 0.717) is 26.1 Å². The zero-order chi connectivity index (χ0) is 17.4. The van der Waals surface area contributed by atoms with Gasteiger partial charge in [0.15, 0.2) is 0 Å². The molecule has 0 spiro atoms. The summed E-state index contributed by atoms with van der Waals surface area (Å²) in [7, 11) is 1.98. The lowest BCUT2D eigenvalue weighted by atomic mass is 10.0. The molecule has 1 fully saturated rings. The first-order valence-corrected chi connectivity index (χ1v) is 8.94. The molecular formula is C19H25ClN4O2. The highest BCUT2D eigenvalue weighted by molar-refractivity contribution is 5.85. The quantitative estimate of drug-likeness (QED) is 0.825. The number of nitrogens with zero attached hydrogens (tertiary/aromatic N) is 3. The van der Waals surface area contributed by atoms with E-state index >= 15 is 0 Å². The highest BCUT2D eigenvalue weighted by Crippen LogP contribution is 2.28. The Morgan fingerprint density at radius 2 is 1.96 bits per heavy atom. The highest BCUT2D eigenvalue weighted by atomic mass is 35.5. The van der Waals surface area contributed by atoms with Crippen molar-refractivity contribution in [1.29, 1.82) is 0 Å². The number of aryl methyl sites for hydroxylation is 1. The molecule has 0 saturated carbocycles. The first kappa shape index (κ1) is 18.9. The lowest BCUT2D eigenvalue weighted by Gasteiger charge is -2.24. The second-order valence-corrected chi connectivity index (χ2v) is 6.94. The molecule has 1 amide bonds. The normalized spacial score (nSPS) is 22.5. The van der Waals surface area contributed by atoms with Crippen LogP contribution in [0.4, 0.5) is 0 Å². The summed E-state index contributed by atoms with van der Waals surface area (Å²) in [4.78, 5) is 14.7. The summed E-state index contributed by atoms with van der Waals surface area (Å²) in [6, 6.07) is 9.98. The molecule has 7 heteroatoms. The minimum Gasteiger partial charge on any atom is -0.392 e. The van der Waals surface area contributed by atoms with Gasteiger partial charge in [0.05, 0.1) is 17.8 Å². The largest absolute Gasteiger partial charge is 0.392 e. The summed E-state index contributed by atoms with van der Waals surface area (Å²) in [5.74, 6) is 0.110. The lowest BCUT2D eigenvalue weighted by Crippen LogP contribution is -2.44. The van der Waals surface area contributed by atoms with Crippen LogP contribution in [0.5, 0.6) is 0 Å². The number of aliphatic hydroxyl groups excluding tert-OH is 1. The Kier molecular flexibility index (Phi) is 5.65. The van der Waals surface area contributed by atoms with Crippen LogP contribution in [0.25, 0.3) is 11.3 Å². The molecule has 2 aliphatic heterocycles. The molecule has 3 heterocycles. The smallest absolute Gasteiger partial charge is 0.239 e. The minimum absolute atomic E-state index is 0. The van der Waals surface area contributed by atoms with E-state index in [1.165, 1.54) is 11.3 Å². The minimum atomic E-state index is -0.410. The number of aromatic nitrogens is 2. The Balaban J connectivity index is 0.00000196.